The second-order valence-electron chi connectivity index (χ2n) is 2.11. The zero-order valence-electron chi connectivity index (χ0n) is 6.71. The molecular formula is C6H13N3O2S. The van der Waals surface area contributed by atoms with E-state index in [-0.39, 0.29) is 11.7 Å². The second-order valence-corrected chi connectivity index (χ2v) is 3.21. The number of rotatable bonds is 5. The Morgan fingerprint density at radius 2 is 2.08 bits per heavy atom. The maximum absolute atomic E-state index is 10.8. The van der Waals surface area contributed by atoms with Crippen LogP contribution in [-0.4, -0.2) is 30.0 Å². The molecule has 0 unspecified atom stereocenters. The monoisotopic (exact) mass is 191 g/mol. The van der Waals surface area contributed by atoms with Crippen LogP contribution in [0.5, 0.6) is 0 Å². The Labute approximate surface area is 75.2 Å². The van der Waals surface area contributed by atoms with Crippen molar-refractivity contribution in [2.75, 3.05) is 18.1 Å². The number of hydrogen-bond donors (Lipinski definition) is 3. The van der Waals surface area contributed by atoms with Gasteiger partial charge >= 0.3 is 6.03 Å². The Morgan fingerprint density at radius 1 is 1.42 bits per heavy atom. The van der Waals surface area contributed by atoms with Crippen LogP contribution in [0.25, 0.3) is 0 Å². The molecule has 0 bridgehead atoms. The van der Waals surface area contributed by atoms with Crippen molar-refractivity contribution in [2.45, 2.75) is 6.42 Å². The van der Waals surface area contributed by atoms with Crippen LogP contribution in [0.15, 0.2) is 0 Å². The van der Waals surface area contributed by atoms with Gasteiger partial charge in [0.25, 0.3) is 0 Å². The average Bonchev–Trinajstić information content (AvgIpc) is 1.97. The maximum Gasteiger partial charge on any atom is 0.318 e. The molecule has 0 aliphatic heterocycles. The van der Waals surface area contributed by atoms with E-state index in [9.17, 15) is 9.59 Å². The molecule has 0 saturated heterocycles. The number of nitrogens with one attached hydrogen (secondary N) is 1. The van der Waals surface area contributed by atoms with Crippen molar-refractivity contribution in [3.63, 3.8) is 0 Å². The molecule has 0 aromatic carbocycles. The quantitative estimate of drug-likeness (QED) is 0.499. The lowest BCUT2D eigenvalue weighted by atomic mass is 10.5. The van der Waals surface area contributed by atoms with E-state index in [0.29, 0.717) is 6.54 Å². The van der Waals surface area contributed by atoms with E-state index >= 15 is 0 Å². The third-order valence-corrected chi connectivity index (χ3v) is 2.03. The molecule has 70 valence electrons. The fraction of sp³-hybridized carbons (Fsp3) is 0.667. The molecule has 0 radical (unpaired) electrons. The van der Waals surface area contributed by atoms with Gasteiger partial charge in [-0.3, -0.25) is 10.1 Å². The first-order valence-electron chi connectivity index (χ1n) is 3.54. The molecule has 0 aliphatic carbocycles. The number of carbonyl (C=O) groups excluding carboxylic acids is 2. The molecule has 0 aliphatic rings. The van der Waals surface area contributed by atoms with Crippen molar-refractivity contribution in [3.8, 4) is 0 Å². The van der Waals surface area contributed by atoms with E-state index < -0.39 is 6.03 Å². The van der Waals surface area contributed by atoms with Crippen LogP contribution in [0.1, 0.15) is 6.42 Å². The minimum absolute atomic E-state index is 0.253. The predicted octanol–water partition coefficient (Wildman–Crippen LogP) is -0.737. The van der Waals surface area contributed by atoms with Gasteiger partial charge in [0.2, 0.25) is 5.91 Å². The summed E-state index contributed by atoms with van der Waals surface area (Å²) in [4.78, 5) is 20.9. The van der Waals surface area contributed by atoms with Crippen LogP contribution in [0.3, 0.4) is 0 Å². The van der Waals surface area contributed by atoms with Crippen molar-refractivity contribution >= 4 is 23.7 Å². The minimum Gasteiger partial charge on any atom is -0.351 e. The fourth-order valence-corrected chi connectivity index (χ4v) is 1.30. The first-order chi connectivity index (χ1) is 5.66. The first kappa shape index (κ1) is 11.2. The number of thioether (sulfide) groups is 1. The Morgan fingerprint density at radius 3 is 2.58 bits per heavy atom. The number of carbonyl (C=O) groups is 2. The predicted molar refractivity (Wildman–Crippen MR) is 48.7 cm³/mol. The first-order valence-corrected chi connectivity index (χ1v) is 4.69. The van der Waals surface area contributed by atoms with Crippen LogP contribution in [-0.2, 0) is 4.79 Å². The zero-order chi connectivity index (χ0) is 9.40. The zero-order valence-corrected chi connectivity index (χ0v) is 7.52. The minimum atomic E-state index is -0.806. The maximum atomic E-state index is 10.8. The van der Waals surface area contributed by atoms with Gasteiger partial charge in [-0.1, -0.05) is 0 Å². The molecule has 5 nitrogen and oxygen atoms in total. The highest BCUT2D eigenvalue weighted by Gasteiger charge is 2.02. The Bertz CT molecular complexity index is 163. The molecular weight excluding hydrogens is 178 g/mol. The molecule has 0 spiro atoms. The van der Waals surface area contributed by atoms with E-state index in [1.807, 2.05) is 5.32 Å². The van der Waals surface area contributed by atoms with Crippen LogP contribution in [0, 0.1) is 0 Å². The summed E-state index contributed by atoms with van der Waals surface area (Å²) in [5.41, 5.74) is 9.96. The van der Waals surface area contributed by atoms with Crippen LogP contribution >= 0.6 is 11.8 Å². The third-order valence-electron chi connectivity index (χ3n) is 0.989. The highest BCUT2D eigenvalue weighted by atomic mass is 32.2. The van der Waals surface area contributed by atoms with Gasteiger partial charge in [-0.2, -0.15) is 11.8 Å². The largest absolute Gasteiger partial charge is 0.351 e. The lowest BCUT2D eigenvalue weighted by molar-refractivity contribution is -0.117. The number of urea groups is 1. The van der Waals surface area contributed by atoms with Crippen molar-refractivity contribution in [3.05, 3.63) is 0 Å². The molecule has 0 heterocycles. The summed E-state index contributed by atoms with van der Waals surface area (Å²) in [5.74, 6) is 0.718. The van der Waals surface area contributed by atoms with E-state index in [1.54, 1.807) is 0 Å². The summed E-state index contributed by atoms with van der Waals surface area (Å²) in [6.07, 6.45) is 0.870. The van der Waals surface area contributed by atoms with E-state index in [1.165, 1.54) is 11.8 Å². The molecule has 12 heavy (non-hydrogen) atoms. The van der Waals surface area contributed by atoms with Crippen molar-refractivity contribution < 1.29 is 9.59 Å². The van der Waals surface area contributed by atoms with Crippen LogP contribution < -0.4 is 16.8 Å². The topological polar surface area (TPSA) is 98.2 Å². The van der Waals surface area contributed by atoms with Crippen molar-refractivity contribution in [1.29, 1.82) is 0 Å². The standard InChI is InChI=1S/C6H13N3O2S/c7-2-1-3-12-4-5(10)9-6(8)11/h1-4,7H2,(H3,8,9,10,11). The van der Waals surface area contributed by atoms with Crippen LogP contribution in [0.4, 0.5) is 4.79 Å². The number of nitrogens with two attached hydrogens (primary N) is 2. The second kappa shape index (κ2) is 6.93. The van der Waals surface area contributed by atoms with Gasteiger partial charge in [0.05, 0.1) is 5.75 Å². The van der Waals surface area contributed by atoms with Gasteiger partial charge in [-0.25, -0.2) is 4.79 Å². The van der Waals surface area contributed by atoms with Gasteiger partial charge < -0.3 is 11.5 Å². The fourth-order valence-electron chi connectivity index (χ4n) is 0.524. The van der Waals surface area contributed by atoms with Gasteiger partial charge in [0.15, 0.2) is 0 Å². The molecule has 5 N–H and O–H groups in total. The summed E-state index contributed by atoms with van der Waals surface area (Å²) in [6, 6.07) is -0.806. The molecule has 0 rings (SSSR count). The molecule has 0 atom stereocenters. The summed E-state index contributed by atoms with van der Waals surface area (Å²) < 4.78 is 0. The van der Waals surface area contributed by atoms with Gasteiger partial charge in [-0.15, -0.1) is 0 Å². The van der Waals surface area contributed by atoms with Gasteiger partial charge in [0, 0.05) is 0 Å². The number of primary amides is 1. The third kappa shape index (κ3) is 7.36. The van der Waals surface area contributed by atoms with E-state index in [4.69, 9.17) is 11.5 Å². The summed E-state index contributed by atoms with van der Waals surface area (Å²) in [5, 5.41) is 1.97. The van der Waals surface area contributed by atoms with Crippen molar-refractivity contribution in [2.24, 2.45) is 11.5 Å². The molecule has 0 saturated carbocycles. The van der Waals surface area contributed by atoms with E-state index in [0.717, 1.165) is 12.2 Å². The van der Waals surface area contributed by atoms with Gasteiger partial charge in [0.1, 0.15) is 0 Å². The van der Waals surface area contributed by atoms with Crippen LogP contribution in [0.2, 0.25) is 0 Å². The molecule has 0 fully saturated rings. The smallest absolute Gasteiger partial charge is 0.318 e. The highest BCUT2D eigenvalue weighted by molar-refractivity contribution is 7.99. The highest BCUT2D eigenvalue weighted by Crippen LogP contribution is 2.00. The molecule has 0 aromatic heterocycles. The molecule has 6 heteroatoms. The SMILES string of the molecule is NCCCSCC(=O)NC(N)=O. The molecule has 0 aromatic rings. The summed E-state index contributed by atoms with van der Waals surface area (Å²) in [7, 11) is 0. The van der Waals surface area contributed by atoms with Gasteiger partial charge in [-0.05, 0) is 18.7 Å². The summed E-state index contributed by atoms with van der Waals surface area (Å²) >= 11 is 1.43. The lowest BCUT2D eigenvalue weighted by Crippen LogP contribution is -2.36. The average molecular weight is 191 g/mol. The lowest BCUT2D eigenvalue weighted by Gasteiger charge is -1.99. The molecule has 3 amide bonds. The Kier molecular flexibility index (Phi) is 6.50. The Balaban J connectivity index is 3.26. The Hall–Kier alpha value is -0.750. The number of hydrogen-bond acceptors (Lipinski definition) is 4. The van der Waals surface area contributed by atoms with Crippen molar-refractivity contribution in [1.82, 2.24) is 5.32 Å². The van der Waals surface area contributed by atoms with E-state index in [2.05, 4.69) is 0 Å². The number of imide groups is 1. The normalized spacial score (nSPS) is 9.42. The summed E-state index contributed by atoms with van der Waals surface area (Å²) in [6.45, 7) is 0.616. The number of amides is 3.